The lowest BCUT2D eigenvalue weighted by Crippen LogP contribution is -2.31. The van der Waals surface area contributed by atoms with Crippen LogP contribution >= 0.6 is 11.9 Å². The molecule has 0 saturated carbocycles. The third-order valence-corrected chi connectivity index (χ3v) is 3.96. The van der Waals surface area contributed by atoms with Gasteiger partial charge in [-0.1, -0.05) is 6.07 Å². The van der Waals surface area contributed by atoms with Crippen molar-refractivity contribution < 1.29 is 9.53 Å². The van der Waals surface area contributed by atoms with E-state index < -0.39 is 0 Å². The van der Waals surface area contributed by atoms with Crippen molar-refractivity contribution in [3.05, 3.63) is 29.2 Å². The minimum atomic E-state index is -0.204. The first-order chi connectivity index (χ1) is 8.74. The Morgan fingerprint density at radius 2 is 2.39 bits per heavy atom. The van der Waals surface area contributed by atoms with E-state index in [1.54, 1.807) is 18.2 Å². The molecule has 0 radical (unpaired) electrons. The van der Waals surface area contributed by atoms with E-state index >= 15 is 0 Å². The number of carbonyl (C=O) groups excluding carboxylic acids is 1. The van der Waals surface area contributed by atoms with Crippen LogP contribution in [0.15, 0.2) is 34.3 Å². The second kappa shape index (κ2) is 5.97. The predicted molar refractivity (Wildman–Crippen MR) is 69.5 cm³/mol. The third-order valence-electron chi connectivity index (χ3n) is 2.82. The Morgan fingerprint density at radius 1 is 1.56 bits per heavy atom. The maximum atomic E-state index is 11.6. The zero-order valence-corrected chi connectivity index (χ0v) is 10.9. The van der Waals surface area contributed by atoms with Gasteiger partial charge in [0.25, 0.3) is 0 Å². The fourth-order valence-electron chi connectivity index (χ4n) is 1.95. The highest BCUT2D eigenvalue weighted by atomic mass is 32.2. The van der Waals surface area contributed by atoms with Crippen LogP contribution in [0.4, 0.5) is 5.69 Å². The van der Waals surface area contributed by atoms with Gasteiger partial charge in [-0.2, -0.15) is 0 Å². The number of rotatable bonds is 4. The van der Waals surface area contributed by atoms with Crippen LogP contribution in [0.3, 0.4) is 0 Å². The van der Waals surface area contributed by atoms with Gasteiger partial charge in [0.05, 0.1) is 7.11 Å². The highest BCUT2D eigenvalue weighted by Crippen LogP contribution is 2.33. The zero-order valence-electron chi connectivity index (χ0n) is 10.0. The molecule has 5 nitrogen and oxygen atoms in total. The van der Waals surface area contributed by atoms with Gasteiger partial charge in [-0.25, -0.2) is 4.31 Å². The molecule has 1 saturated heterocycles. The molecule has 1 aromatic carbocycles. The summed E-state index contributed by atoms with van der Waals surface area (Å²) >= 11 is 1.47. The quantitative estimate of drug-likeness (QED) is 0.476. The molecular formula is C12H14N2O3S. The zero-order chi connectivity index (χ0) is 13.0. The summed E-state index contributed by atoms with van der Waals surface area (Å²) < 4.78 is 6.78. The van der Waals surface area contributed by atoms with Crippen molar-refractivity contribution in [2.45, 2.75) is 23.8 Å². The van der Waals surface area contributed by atoms with Crippen LogP contribution in [0.25, 0.3) is 0 Å². The third kappa shape index (κ3) is 2.88. The summed E-state index contributed by atoms with van der Waals surface area (Å²) in [5, 5.41) is 2.90. The van der Waals surface area contributed by atoms with Gasteiger partial charge in [0.1, 0.15) is 11.7 Å². The Kier molecular flexibility index (Phi) is 4.33. The molecule has 1 aliphatic rings. The van der Waals surface area contributed by atoms with Crippen molar-refractivity contribution in [2.24, 2.45) is 5.18 Å². The maximum absolute atomic E-state index is 11.6. The molecule has 1 fully saturated rings. The van der Waals surface area contributed by atoms with Crippen LogP contribution in [0.2, 0.25) is 0 Å². The molecule has 1 heterocycles. The van der Waals surface area contributed by atoms with E-state index in [0.29, 0.717) is 5.69 Å². The van der Waals surface area contributed by atoms with Crippen molar-refractivity contribution in [3.8, 4) is 0 Å². The number of methoxy groups -OCH3 is 1. The number of ether oxygens (including phenoxy) is 1. The largest absolute Gasteiger partial charge is 0.468 e. The lowest BCUT2D eigenvalue weighted by atomic mass is 10.2. The summed E-state index contributed by atoms with van der Waals surface area (Å²) in [7, 11) is 1.40. The molecular weight excluding hydrogens is 252 g/mol. The summed E-state index contributed by atoms with van der Waals surface area (Å²) in [6.45, 7) is 0.836. The molecule has 0 bridgehead atoms. The Bertz CT molecular complexity index is 453. The first-order valence-electron chi connectivity index (χ1n) is 5.70. The van der Waals surface area contributed by atoms with Crippen molar-refractivity contribution in [2.75, 3.05) is 13.7 Å². The average molecular weight is 266 g/mol. The minimum absolute atomic E-state index is 0.201. The maximum Gasteiger partial charge on any atom is 0.323 e. The predicted octanol–water partition coefficient (Wildman–Crippen LogP) is 2.73. The lowest BCUT2D eigenvalue weighted by molar-refractivity contribution is -0.144. The standard InChI is InChI=1S/C12H14N2O3S/c1-17-12(15)11-6-3-7-14(11)18-10-5-2-4-9(8-10)13-16/h2,4-5,8,11H,3,6-7H2,1H3. The molecule has 0 aromatic heterocycles. The topological polar surface area (TPSA) is 59.0 Å². The molecule has 1 aliphatic heterocycles. The molecule has 96 valence electrons. The highest BCUT2D eigenvalue weighted by molar-refractivity contribution is 7.97. The fourth-order valence-corrected chi connectivity index (χ4v) is 3.08. The summed E-state index contributed by atoms with van der Waals surface area (Å²) in [6, 6.07) is 6.84. The number of nitrogens with zero attached hydrogens (tertiary/aromatic N) is 2. The van der Waals surface area contributed by atoms with E-state index in [-0.39, 0.29) is 12.0 Å². The summed E-state index contributed by atoms with van der Waals surface area (Å²) in [4.78, 5) is 23.0. The van der Waals surface area contributed by atoms with Crippen LogP contribution < -0.4 is 0 Å². The molecule has 1 unspecified atom stereocenters. The Morgan fingerprint density at radius 3 is 3.11 bits per heavy atom. The van der Waals surface area contributed by atoms with Crippen LogP contribution in [0.5, 0.6) is 0 Å². The Labute approximate surface area is 110 Å². The van der Waals surface area contributed by atoms with Gasteiger partial charge in [0.2, 0.25) is 0 Å². The van der Waals surface area contributed by atoms with Gasteiger partial charge in [-0.3, -0.25) is 4.79 Å². The molecule has 18 heavy (non-hydrogen) atoms. The van der Waals surface area contributed by atoms with E-state index in [2.05, 4.69) is 5.18 Å². The van der Waals surface area contributed by atoms with Crippen LogP contribution in [-0.4, -0.2) is 30.0 Å². The van der Waals surface area contributed by atoms with Crippen LogP contribution in [0, 0.1) is 4.91 Å². The molecule has 6 heteroatoms. The molecule has 0 spiro atoms. The number of carbonyl (C=O) groups is 1. The first kappa shape index (κ1) is 13.0. The van der Waals surface area contributed by atoms with Gasteiger partial charge in [0, 0.05) is 11.4 Å². The minimum Gasteiger partial charge on any atom is -0.468 e. The van der Waals surface area contributed by atoms with Gasteiger partial charge in [-0.05, 0) is 48.2 Å². The summed E-state index contributed by atoms with van der Waals surface area (Å²) in [5.41, 5.74) is 0.397. The summed E-state index contributed by atoms with van der Waals surface area (Å²) in [6.07, 6.45) is 1.78. The molecule has 2 rings (SSSR count). The lowest BCUT2D eigenvalue weighted by Gasteiger charge is -2.20. The van der Waals surface area contributed by atoms with Gasteiger partial charge >= 0.3 is 5.97 Å². The van der Waals surface area contributed by atoms with Crippen molar-refractivity contribution >= 4 is 23.6 Å². The normalized spacial score (nSPS) is 19.7. The SMILES string of the molecule is COC(=O)C1CCCN1Sc1cccc(N=O)c1. The number of nitroso groups, excluding NO2 is 1. The molecule has 0 N–H and O–H groups in total. The first-order valence-corrected chi connectivity index (χ1v) is 6.48. The molecule has 1 aromatic rings. The van der Waals surface area contributed by atoms with Gasteiger partial charge in [0.15, 0.2) is 0 Å². The second-order valence-electron chi connectivity index (χ2n) is 4.00. The van der Waals surface area contributed by atoms with Crippen LogP contribution in [0.1, 0.15) is 12.8 Å². The second-order valence-corrected chi connectivity index (χ2v) is 5.12. The van der Waals surface area contributed by atoms with E-state index in [4.69, 9.17) is 4.74 Å². The monoisotopic (exact) mass is 266 g/mol. The van der Waals surface area contributed by atoms with E-state index in [9.17, 15) is 9.70 Å². The Balaban J connectivity index is 2.07. The van der Waals surface area contributed by atoms with E-state index in [1.807, 2.05) is 10.4 Å². The van der Waals surface area contributed by atoms with E-state index in [1.165, 1.54) is 19.1 Å². The van der Waals surface area contributed by atoms with Gasteiger partial charge < -0.3 is 4.74 Å². The molecule has 1 atom stereocenters. The average Bonchev–Trinajstić information content (AvgIpc) is 2.86. The molecule has 0 amide bonds. The van der Waals surface area contributed by atoms with Gasteiger partial charge in [-0.15, -0.1) is 4.91 Å². The van der Waals surface area contributed by atoms with E-state index in [0.717, 1.165) is 24.3 Å². The number of hydrogen-bond donors (Lipinski definition) is 0. The van der Waals surface area contributed by atoms with Crippen molar-refractivity contribution in [1.82, 2.24) is 4.31 Å². The summed E-state index contributed by atoms with van der Waals surface area (Å²) in [5.74, 6) is -0.204. The van der Waals surface area contributed by atoms with Crippen LogP contribution in [-0.2, 0) is 9.53 Å². The van der Waals surface area contributed by atoms with Crippen molar-refractivity contribution in [1.29, 1.82) is 0 Å². The number of hydrogen-bond acceptors (Lipinski definition) is 6. The van der Waals surface area contributed by atoms with Crippen molar-refractivity contribution in [3.63, 3.8) is 0 Å². The Hall–Kier alpha value is -1.40. The highest BCUT2D eigenvalue weighted by Gasteiger charge is 2.32. The molecule has 0 aliphatic carbocycles. The number of benzene rings is 1. The smallest absolute Gasteiger partial charge is 0.323 e. The number of esters is 1. The fraction of sp³-hybridized carbons (Fsp3) is 0.417.